The molecule has 0 atom stereocenters. The van der Waals surface area contributed by atoms with Gasteiger partial charge in [0, 0.05) is 25.1 Å². The van der Waals surface area contributed by atoms with E-state index in [1.807, 2.05) is 48.5 Å². The van der Waals surface area contributed by atoms with E-state index in [0.29, 0.717) is 25.1 Å². The number of benzene rings is 3. The first kappa shape index (κ1) is 22.3. The number of nitrogens with one attached hydrogen (secondary N) is 1. The average molecular weight is 448 g/mol. The Bertz CT molecular complexity index is 1200. The average Bonchev–Trinajstić information content (AvgIpc) is 3.20. The topological polar surface area (TPSA) is 65.4 Å². The fourth-order valence-corrected chi connectivity index (χ4v) is 3.64. The van der Waals surface area contributed by atoms with Gasteiger partial charge in [-0.15, -0.1) is 0 Å². The molecule has 0 bridgehead atoms. The van der Waals surface area contributed by atoms with Gasteiger partial charge in [0.15, 0.2) is 0 Å². The normalized spacial score (nSPS) is 10.8. The van der Waals surface area contributed by atoms with E-state index in [4.69, 9.17) is 14.5 Å². The monoisotopic (exact) mass is 447 g/mol. The van der Waals surface area contributed by atoms with Gasteiger partial charge in [0.25, 0.3) is 5.91 Å². The number of carbonyl (C=O) groups excluding carboxylic acids is 1. The molecule has 0 saturated heterocycles. The van der Waals surface area contributed by atoms with E-state index in [0.717, 1.165) is 41.3 Å². The molecule has 0 spiro atoms. The number of para-hydroxylation sites is 2. The first-order chi connectivity index (χ1) is 16.1. The van der Waals surface area contributed by atoms with Gasteiger partial charge in [0.2, 0.25) is 0 Å². The van der Waals surface area contributed by atoms with Crippen LogP contribution in [0.4, 0.5) is 4.39 Å². The number of methoxy groups -OCH3 is 1. The number of ether oxygens (including phenoxy) is 2. The molecule has 6 nitrogen and oxygen atoms in total. The lowest BCUT2D eigenvalue weighted by molar-refractivity contribution is 0.0954. The summed E-state index contributed by atoms with van der Waals surface area (Å²) in [6.07, 6.45) is 1.39. The molecule has 0 aliphatic heterocycles. The number of hydrogen-bond acceptors (Lipinski definition) is 4. The van der Waals surface area contributed by atoms with Crippen LogP contribution in [0.5, 0.6) is 11.5 Å². The van der Waals surface area contributed by atoms with Gasteiger partial charge < -0.3 is 19.4 Å². The van der Waals surface area contributed by atoms with Gasteiger partial charge in [-0.25, -0.2) is 9.37 Å². The molecule has 0 saturated carbocycles. The maximum absolute atomic E-state index is 13.1. The van der Waals surface area contributed by atoms with Crippen LogP contribution in [0.3, 0.4) is 0 Å². The highest BCUT2D eigenvalue weighted by atomic mass is 19.1. The van der Waals surface area contributed by atoms with E-state index in [1.54, 1.807) is 7.11 Å². The van der Waals surface area contributed by atoms with Crippen molar-refractivity contribution in [3.05, 3.63) is 90.0 Å². The standard InChI is InChI=1S/C26H26FN3O3/c1-32-21-11-13-22(14-12-21)33-18-4-17-30-24-6-3-2-5-23(24)29-25(30)15-16-28-26(31)19-7-9-20(27)10-8-19/h2-3,5-14H,4,15-18H2,1H3,(H,28,31). The Morgan fingerprint density at radius 3 is 2.48 bits per heavy atom. The Morgan fingerprint density at radius 1 is 1.00 bits per heavy atom. The number of carbonyl (C=O) groups is 1. The number of aryl methyl sites for hydroxylation is 1. The number of nitrogens with zero attached hydrogens (tertiary/aromatic N) is 2. The minimum Gasteiger partial charge on any atom is -0.497 e. The lowest BCUT2D eigenvalue weighted by atomic mass is 10.2. The minimum atomic E-state index is -0.365. The van der Waals surface area contributed by atoms with Crippen molar-refractivity contribution in [2.75, 3.05) is 20.3 Å². The van der Waals surface area contributed by atoms with E-state index in [1.165, 1.54) is 24.3 Å². The van der Waals surface area contributed by atoms with Crippen LogP contribution < -0.4 is 14.8 Å². The summed E-state index contributed by atoms with van der Waals surface area (Å²) in [5, 5.41) is 2.89. The number of rotatable bonds is 10. The molecule has 0 fully saturated rings. The number of amides is 1. The number of aromatic nitrogens is 2. The highest BCUT2D eigenvalue weighted by molar-refractivity contribution is 5.94. The summed E-state index contributed by atoms with van der Waals surface area (Å²) >= 11 is 0. The maximum Gasteiger partial charge on any atom is 0.251 e. The van der Waals surface area contributed by atoms with E-state index in [9.17, 15) is 9.18 Å². The lowest BCUT2D eigenvalue weighted by Crippen LogP contribution is -2.26. The lowest BCUT2D eigenvalue weighted by Gasteiger charge is -2.11. The van der Waals surface area contributed by atoms with Crippen molar-refractivity contribution in [2.45, 2.75) is 19.4 Å². The highest BCUT2D eigenvalue weighted by Crippen LogP contribution is 2.19. The largest absolute Gasteiger partial charge is 0.497 e. The zero-order chi connectivity index (χ0) is 23.0. The fourth-order valence-electron chi connectivity index (χ4n) is 3.64. The van der Waals surface area contributed by atoms with Crippen LogP contribution in [0.25, 0.3) is 11.0 Å². The quantitative estimate of drug-likeness (QED) is 0.360. The predicted octanol–water partition coefficient (Wildman–Crippen LogP) is 4.63. The molecule has 0 aliphatic rings. The number of imidazole rings is 1. The van der Waals surface area contributed by atoms with Crippen LogP contribution in [-0.4, -0.2) is 35.7 Å². The van der Waals surface area contributed by atoms with E-state index >= 15 is 0 Å². The van der Waals surface area contributed by atoms with Crippen molar-refractivity contribution in [3.8, 4) is 11.5 Å². The number of fused-ring (bicyclic) bond motifs is 1. The molecule has 170 valence electrons. The molecule has 0 unspecified atom stereocenters. The molecular formula is C26H26FN3O3. The highest BCUT2D eigenvalue weighted by Gasteiger charge is 2.11. The first-order valence-corrected chi connectivity index (χ1v) is 10.9. The number of hydrogen-bond donors (Lipinski definition) is 1. The van der Waals surface area contributed by atoms with E-state index in [2.05, 4.69) is 9.88 Å². The Morgan fingerprint density at radius 2 is 1.73 bits per heavy atom. The summed E-state index contributed by atoms with van der Waals surface area (Å²) in [5.41, 5.74) is 2.41. The Labute approximate surface area is 192 Å². The second-order valence-corrected chi connectivity index (χ2v) is 7.56. The molecule has 0 radical (unpaired) electrons. The van der Waals surface area contributed by atoms with Gasteiger partial charge in [0.1, 0.15) is 23.1 Å². The molecule has 4 rings (SSSR count). The molecule has 3 aromatic carbocycles. The van der Waals surface area contributed by atoms with Crippen LogP contribution in [0.2, 0.25) is 0 Å². The fraction of sp³-hybridized carbons (Fsp3) is 0.231. The molecule has 0 aliphatic carbocycles. The molecule has 7 heteroatoms. The van der Waals surface area contributed by atoms with Crippen LogP contribution in [0.15, 0.2) is 72.8 Å². The van der Waals surface area contributed by atoms with Gasteiger partial charge in [-0.1, -0.05) is 12.1 Å². The zero-order valence-corrected chi connectivity index (χ0v) is 18.5. The van der Waals surface area contributed by atoms with Crippen molar-refractivity contribution < 1.29 is 18.7 Å². The summed E-state index contributed by atoms with van der Waals surface area (Å²) in [6.45, 7) is 1.75. The molecule has 33 heavy (non-hydrogen) atoms. The Kier molecular flexibility index (Phi) is 7.19. The van der Waals surface area contributed by atoms with E-state index in [-0.39, 0.29) is 11.7 Å². The van der Waals surface area contributed by atoms with Crippen LogP contribution in [0.1, 0.15) is 22.6 Å². The molecule has 1 N–H and O–H groups in total. The first-order valence-electron chi connectivity index (χ1n) is 10.9. The van der Waals surface area contributed by atoms with Crippen LogP contribution in [-0.2, 0) is 13.0 Å². The molecule has 4 aromatic rings. The van der Waals surface area contributed by atoms with Crippen molar-refractivity contribution in [3.63, 3.8) is 0 Å². The van der Waals surface area contributed by atoms with Crippen molar-refractivity contribution in [2.24, 2.45) is 0 Å². The third kappa shape index (κ3) is 5.68. The van der Waals surface area contributed by atoms with Gasteiger partial charge in [0.05, 0.1) is 24.8 Å². The molecule has 1 heterocycles. The SMILES string of the molecule is COc1ccc(OCCCn2c(CCNC(=O)c3ccc(F)cc3)nc3ccccc32)cc1. The van der Waals surface area contributed by atoms with Gasteiger partial charge in [-0.3, -0.25) is 4.79 Å². The van der Waals surface area contributed by atoms with Crippen LogP contribution in [0, 0.1) is 5.82 Å². The second-order valence-electron chi connectivity index (χ2n) is 7.56. The summed E-state index contributed by atoms with van der Waals surface area (Å²) in [7, 11) is 1.64. The molecule has 1 amide bonds. The van der Waals surface area contributed by atoms with Gasteiger partial charge >= 0.3 is 0 Å². The van der Waals surface area contributed by atoms with Crippen molar-refractivity contribution >= 4 is 16.9 Å². The maximum atomic E-state index is 13.1. The third-order valence-corrected chi connectivity index (χ3v) is 5.33. The van der Waals surface area contributed by atoms with Gasteiger partial charge in [-0.2, -0.15) is 0 Å². The van der Waals surface area contributed by atoms with Crippen molar-refractivity contribution in [1.82, 2.24) is 14.9 Å². The zero-order valence-electron chi connectivity index (χ0n) is 18.5. The molecule has 1 aromatic heterocycles. The summed E-state index contributed by atoms with van der Waals surface area (Å²) < 4.78 is 26.3. The van der Waals surface area contributed by atoms with Crippen LogP contribution >= 0.6 is 0 Å². The third-order valence-electron chi connectivity index (χ3n) is 5.33. The Balaban J connectivity index is 1.35. The van der Waals surface area contributed by atoms with Crippen molar-refractivity contribution in [1.29, 1.82) is 0 Å². The summed E-state index contributed by atoms with van der Waals surface area (Å²) in [6, 6.07) is 21.0. The second kappa shape index (κ2) is 10.6. The predicted molar refractivity (Wildman–Crippen MR) is 125 cm³/mol. The summed E-state index contributed by atoms with van der Waals surface area (Å²) in [4.78, 5) is 17.1. The summed E-state index contributed by atoms with van der Waals surface area (Å²) in [5.74, 6) is 1.90. The smallest absolute Gasteiger partial charge is 0.251 e. The molecular weight excluding hydrogens is 421 g/mol. The minimum absolute atomic E-state index is 0.231. The van der Waals surface area contributed by atoms with Gasteiger partial charge in [-0.05, 0) is 67.1 Å². The number of halogens is 1. The Hall–Kier alpha value is -3.87. The van der Waals surface area contributed by atoms with E-state index < -0.39 is 0 Å².